The molecule has 4 nitrogen and oxygen atoms in total. The fourth-order valence-electron chi connectivity index (χ4n) is 3.59. The molecular weight excluding hydrogens is 300 g/mol. The highest BCUT2D eigenvalue weighted by Crippen LogP contribution is 2.30. The summed E-state index contributed by atoms with van der Waals surface area (Å²) in [7, 11) is 0. The van der Waals surface area contributed by atoms with E-state index in [0.29, 0.717) is 17.9 Å². The Balaban J connectivity index is 1.43. The van der Waals surface area contributed by atoms with Crippen molar-refractivity contribution in [3.63, 3.8) is 0 Å². The molecule has 4 rings (SSSR count). The molecule has 2 aliphatic heterocycles. The monoisotopic (exact) mass is 322 g/mol. The molecule has 0 unspecified atom stereocenters. The normalized spacial score (nSPS) is 19.9. The molecule has 124 valence electrons. The molecule has 0 saturated carbocycles. The van der Waals surface area contributed by atoms with Crippen molar-refractivity contribution in [2.75, 3.05) is 19.7 Å². The zero-order valence-electron chi connectivity index (χ0n) is 13.7. The first-order valence-corrected chi connectivity index (χ1v) is 8.55. The second-order valence-corrected chi connectivity index (χ2v) is 6.78. The molecule has 1 N–H and O–H groups in total. The third kappa shape index (κ3) is 3.02. The average Bonchev–Trinajstić information content (AvgIpc) is 2.76. The van der Waals surface area contributed by atoms with E-state index in [0.717, 1.165) is 32.5 Å². The Morgan fingerprint density at radius 1 is 1.00 bits per heavy atom. The lowest BCUT2D eigenvalue weighted by Gasteiger charge is -2.41. The molecule has 2 aliphatic rings. The third-order valence-corrected chi connectivity index (χ3v) is 5.08. The van der Waals surface area contributed by atoms with Gasteiger partial charge >= 0.3 is 0 Å². The van der Waals surface area contributed by atoms with Gasteiger partial charge in [-0.1, -0.05) is 42.5 Å². The van der Waals surface area contributed by atoms with Gasteiger partial charge in [0, 0.05) is 19.6 Å². The van der Waals surface area contributed by atoms with Crippen molar-refractivity contribution in [2.45, 2.75) is 24.9 Å². The number of para-hydroxylation sites is 1. The second kappa shape index (κ2) is 6.29. The van der Waals surface area contributed by atoms with Crippen LogP contribution < -0.4 is 10.1 Å². The molecule has 4 heteroatoms. The number of nitrogens with one attached hydrogen (secondary N) is 1. The highest BCUT2D eigenvalue weighted by molar-refractivity contribution is 5.97. The molecule has 2 aromatic carbocycles. The van der Waals surface area contributed by atoms with Crippen molar-refractivity contribution >= 4 is 5.91 Å². The quantitative estimate of drug-likeness (QED) is 0.924. The van der Waals surface area contributed by atoms with E-state index in [1.165, 1.54) is 5.56 Å². The fourth-order valence-corrected chi connectivity index (χ4v) is 3.59. The van der Waals surface area contributed by atoms with Crippen molar-refractivity contribution in [1.29, 1.82) is 0 Å². The van der Waals surface area contributed by atoms with E-state index in [4.69, 9.17) is 4.74 Å². The first kappa shape index (κ1) is 15.2. The molecule has 0 atom stereocenters. The zero-order valence-corrected chi connectivity index (χ0v) is 13.7. The van der Waals surface area contributed by atoms with Crippen molar-refractivity contribution in [1.82, 2.24) is 10.2 Å². The van der Waals surface area contributed by atoms with E-state index < -0.39 is 0 Å². The van der Waals surface area contributed by atoms with E-state index in [1.54, 1.807) is 0 Å². The lowest BCUT2D eigenvalue weighted by molar-refractivity contribution is 0.0709. The fraction of sp³-hybridized carbons (Fsp3) is 0.350. The summed E-state index contributed by atoms with van der Waals surface area (Å²) in [6.45, 7) is 3.45. The molecule has 2 aromatic rings. The molecule has 1 saturated heterocycles. The lowest BCUT2D eigenvalue weighted by atomic mass is 9.88. The average molecular weight is 322 g/mol. The van der Waals surface area contributed by atoms with Crippen LogP contribution >= 0.6 is 0 Å². The maximum Gasteiger partial charge on any atom is 0.255 e. The summed E-state index contributed by atoms with van der Waals surface area (Å²) in [6, 6.07) is 18.0. The number of hydrogen-bond acceptors (Lipinski definition) is 3. The number of ether oxygens (including phenoxy) is 1. The number of carbonyl (C=O) groups is 1. The summed E-state index contributed by atoms with van der Waals surface area (Å²) in [4.78, 5) is 15.0. The highest BCUT2D eigenvalue weighted by atomic mass is 16.5. The topological polar surface area (TPSA) is 41.6 Å². The minimum atomic E-state index is -0.247. The first-order chi connectivity index (χ1) is 11.7. The Kier molecular flexibility index (Phi) is 3.98. The molecule has 0 aromatic heterocycles. The SMILES string of the molecule is O=C1NC2(CCN(Cc3ccccc3)CC2)COc2ccccc21. The molecule has 0 radical (unpaired) electrons. The number of benzene rings is 2. The Labute approximate surface area is 142 Å². The van der Waals surface area contributed by atoms with Crippen LogP contribution in [0.1, 0.15) is 28.8 Å². The van der Waals surface area contributed by atoms with Gasteiger partial charge < -0.3 is 10.1 Å². The standard InChI is InChI=1S/C20H22N2O2/c23-19-17-8-4-5-9-18(17)24-15-20(21-19)10-12-22(13-11-20)14-16-6-2-1-3-7-16/h1-9H,10-15H2,(H,21,23). The minimum absolute atomic E-state index is 0.0143. The molecule has 2 heterocycles. The third-order valence-electron chi connectivity index (χ3n) is 5.08. The van der Waals surface area contributed by atoms with Crippen LogP contribution in [-0.2, 0) is 6.54 Å². The maximum atomic E-state index is 12.5. The number of fused-ring (bicyclic) bond motifs is 1. The van der Waals surface area contributed by atoms with Gasteiger partial charge in [0.15, 0.2) is 0 Å². The van der Waals surface area contributed by atoms with E-state index >= 15 is 0 Å². The molecule has 24 heavy (non-hydrogen) atoms. The van der Waals surface area contributed by atoms with Gasteiger partial charge in [-0.05, 0) is 30.5 Å². The van der Waals surface area contributed by atoms with Gasteiger partial charge in [-0.3, -0.25) is 9.69 Å². The summed E-state index contributed by atoms with van der Waals surface area (Å²) in [5.41, 5.74) is 1.73. The van der Waals surface area contributed by atoms with Crippen molar-refractivity contribution in [3.05, 3.63) is 65.7 Å². The van der Waals surface area contributed by atoms with Crippen LogP contribution in [0.15, 0.2) is 54.6 Å². The van der Waals surface area contributed by atoms with Crippen LogP contribution in [0.5, 0.6) is 5.75 Å². The van der Waals surface area contributed by atoms with Gasteiger partial charge in [0.1, 0.15) is 12.4 Å². The predicted octanol–water partition coefficient (Wildman–Crippen LogP) is 2.84. The Hall–Kier alpha value is -2.33. The lowest BCUT2D eigenvalue weighted by Crippen LogP contribution is -2.57. The van der Waals surface area contributed by atoms with Gasteiger partial charge in [-0.25, -0.2) is 0 Å². The molecule has 0 aliphatic carbocycles. The molecule has 1 amide bonds. The first-order valence-electron chi connectivity index (χ1n) is 8.55. The summed E-state index contributed by atoms with van der Waals surface area (Å²) >= 11 is 0. The summed E-state index contributed by atoms with van der Waals surface area (Å²) in [5.74, 6) is 0.679. The van der Waals surface area contributed by atoms with E-state index in [9.17, 15) is 4.79 Å². The van der Waals surface area contributed by atoms with Crippen LogP contribution in [0.3, 0.4) is 0 Å². The number of carbonyl (C=O) groups excluding carboxylic acids is 1. The van der Waals surface area contributed by atoms with Gasteiger partial charge in [-0.15, -0.1) is 0 Å². The summed E-state index contributed by atoms with van der Waals surface area (Å²) < 4.78 is 5.96. The Bertz CT molecular complexity index is 721. The number of hydrogen-bond donors (Lipinski definition) is 1. The maximum absolute atomic E-state index is 12.5. The Morgan fingerprint density at radius 2 is 1.71 bits per heavy atom. The van der Waals surface area contributed by atoms with E-state index in [-0.39, 0.29) is 11.4 Å². The number of rotatable bonds is 2. The number of amides is 1. The summed E-state index contributed by atoms with van der Waals surface area (Å²) in [5, 5.41) is 3.24. The predicted molar refractivity (Wildman–Crippen MR) is 93.1 cm³/mol. The van der Waals surface area contributed by atoms with Crippen molar-refractivity contribution < 1.29 is 9.53 Å². The van der Waals surface area contributed by atoms with Crippen molar-refractivity contribution in [2.24, 2.45) is 0 Å². The number of nitrogens with zero attached hydrogens (tertiary/aromatic N) is 1. The molecule has 1 spiro atoms. The van der Waals surface area contributed by atoms with E-state index in [2.05, 4.69) is 34.5 Å². The molecular formula is C20H22N2O2. The minimum Gasteiger partial charge on any atom is -0.490 e. The smallest absolute Gasteiger partial charge is 0.255 e. The van der Waals surface area contributed by atoms with Gasteiger partial charge in [0.25, 0.3) is 5.91 Å². The van der Waals surface area contributed by atoms with E-state index in [1.807, 2.05) is 30.3 Å². The van der Waals surface area contributed by atoms with Crippen molar-refractivity contribution in [3.8, 4) is 5.75 Å². The zero-order chi connectivity index (χ0) is 16.4. The summed E-state index contributed by atoms with van der Waals surface area (Å²) in [6.07, 6.45) is 1.83. The van der Waals surface area contributed by atoms with Gasteiger partial charge in [-0.2, -0.15) is 0 Å². The Morgan fingerprint density at radius 3 is 2.50 bits per heavy atom. The highest BCUT2D eigenvalue weighted by Gasteiger charge is 2.39. The molecule has 1 fully saturated rings. The number of piperidine rings is 1. The second-order valence-electron chi connectivity index (χ2n) is 6.78. The van der Waals surface area contributed by atoms with Crippen LogP contribution in [0.25, 0.3) is 0 Å². The van der Waals surface area contributed by atoms with Crippen LogP contribution in [0, 0.1) is 0 Å². The van der Waals surface area contributed by atoms with Crippen LogP contribution in [0.4, 0.5) is 0 Å². The van der Waals surface area contributed by atoms with Gasteiger partial charge in [0.05, 0.1) is 11.1 Å². The molecule has 0 bridgehead atoms. The van der Waals surface area contributed by atoms with Crippen LogP contribution in [-0.4, -0.2) is 36.0 Å². The van der Waals surface area contributed by atoms with Gasteiger partial charge in [0.2, 0.25) is 0 Å². The van der Waals surface area contributed by atoms with Crippen LogP contribution in [0.2, 0.25) is 0 Å². The number of likely N-dealkylation sites (tertiary alicyclic amines) is 1. The largest absolute Gasteiger partial charge is 0.490 e.